The van der Waals surface area contributed by atoms with E-state index in [0.717, 1.165) is 59.3 Å². The minimum atomic E-state index is -0.0659. The second-order valence-electron chi connectivity index (χ2n) is 8.09. The molecule has 1 aliphatic rings. The van der Waals surface area contributed by atoms with Gasteiger partial charge in [-0.05, 0) is 30.5 Å². The van der Waals surface area contributed by atoms with Gasteiger partial charge in [-0.1, -0.05) is 44.5 Å². The van der Waals surface area contributed by atoms with E-state index in [-0.39, 0.29) is 11.5 Å². The molecule has 0 bridgehead atoms. The van der Waals surface area contributed by atoms with Crippen molar-refractivity contribution in [3.63, 3.8) is 0 Å². The summed E-state index contributed by atoms with van der Waals surface area (Å²) in [5.41, 5.74) is 3.86. The lowest BCUT2D eigenvalue weighted by Gasteiger charge is -2.20. The Labute approximate surface area is 164 Å². The van der Waals surface area contributed by atoms with Crippen molar-refractivity contribution < 1.29 is 4.74 Å². The maximum absolute atomic E-state index is 6.05. The Bertz CT molecular complexity index is 937. The fourth-order valence-corrected chi connectivity index (χ4v) is 3.46. The number of benzene rings is 1. The van der Waals surface area contributed by atoms with Crippen LogP contribution in [0.25, 0.3) is 16.8 Å². The topological polar surface area (TPSA) is 51.5 Å². The molecule has 2 aromatic heterocycles. The third-order valence-corrected chi connectivity index (χ3v) is 5.18. The van der Waals surface area contributed by atoms with Crippen LogP contribution in [0, 0.1) is 0 Å². The van der Waals surface area contributed by atoms with Crippen LogP contribution in [0.4, 0.5) is 5.82 Å². The first kappa shape index (κ1) is 18.3. The zero-order valence-corrected chi connectivity index (χ0v) is 16.8. The summed E-state index contributed by atoms with van der Waals surface area (Å²) < 4.78 is 7.63. The minimum Gasteiger partial charge on any atom is -0.376 e. The molecule has 6 heteroatoms. The highest BCUT2D eigenvalue weighted by Gasteiger charge is 2.22. The molecular formula is C21H25ClN4O. The van der Waals surface area contributed by atoms with Gasteiger partial charge in [-0.2, -0.15) is 9.61 Å². The Balaban J connectivity index is 1.77. The number of fused-ring (bicyclic) bond motifs is 1. The fraction of sp³-hybridized carbons (Fsp3) is 0.429. The summed E-state index contributed by atoms with van der Waals surface area (Å²) in [6.07, 6.45) is 4.36. The fourth-order valence-electron chi connectivity index (χ4n) is 3.33. The second-order valence-corrected chi connectivity index (χ2v) is 8.53. The lowest BCUT2D eigenvalue weighted by molar-refractivity contribution is 0.120. The summed E-state index contributed by atoms with van der Waals surface area (Å²) in [5.74, 6) is 0.945. The summed E-state index contributed by atoms with van der Waals surface area (Å²) in [4.78, 5) is 4.94. The highest BCUT2D eigenvalue weighted by atomic mass is 35.5. The normalized spacial score (nSPS) is 17.6. The predicted molar refractivity (Wildman–Crippen MR) is 110 cm³/mol. The maximum atomic E-state index is 6.05. The average Bonchev–Trinajstić information content (AvgIpc) is 3.29. The van der Waals surface area contributed by atoms with Crippen LogP contribution in [0.3, 0.4) is 0 Å². The molecule has 0 unspecified atom stereocenters. The molecule has 3 heterocycles. The number of nitrogens with one attached hydrogen (secondary N) is 1. The van der Waals surface area contributed by atoms with Crippen molar-refractivity contribution in [1.29, 1.82) is 0 Å². The van der Waals surface area contributed by atoms with Crippen molar-refractivity contribution in [2.24, 2.45) is 0 Å². The predicted octanol–water partition coefficient (Wildman–Crippen LogP) is 4.94. The molecule has 0 aliphatic carbocycles. The van der Waals surface area contributed by atoms with Gasteiger partial charge < -0.3 is 10.1 Å². The third kappa shape index (κ3) is 3.80. The summed E-state index contributed by atoms with van der Waals surface area (Å²) in [7, 11) is 0. The van der Waals surface area contributed by atoms with Gasteiger partial charge in [0.15, 0.2) is 5.65 Å². The highest BCUT2D eigenvalue weighted by molar-refractivity contribution is 6.30. The molecule has 0 amide bonds. The Morgan fingerprint density at radius 3 is 2.70 bits per heavy atom. The summed E-state index contributed by atoms with van der Waals surface area (Å²) in [5, 5.41) is 8.85. The lowest BCUT2D eigenvalue weighted by Crippen LogP contribution is -2.21. The molecule has 1 fully saturated rings. The maximum Gasteiger partial charge on any atom is 0.165 e. The molecular weight excluding hydrogens is 360 g/mol. The number of nitrogens with zero attached hydrogens (tertiary/aromatic N) is 3. The first-order valence-electron chi connectivity index (χ1n) is 9.42. The molecule has 3 aromatic rings. The van der Waals surface area contributed by atoms with Crippen molar-refractivity contribution in [1.82, 2.24) is 14.6 Å². The molecule has 0 radical (unpaired) electrons. The standard InChI is InChI=1S/C21H25ClN4O/c1-21(2,3)18-11-19(23-12-16-5-4-10-27-16)26-20(25-18)17(13-24-26)14-6-8-15(22)9-7-14/h6-9,11,13,16,23H,4-5,10,12H2,1-3H3/t16-/m1/s1. The van der Waals surface area contributed by atoms with Gasteiger partial charge in [-0.3, -0.25) is 0 Å². The van der Waals surface area contributed by atoms with Gasteiger partial charge in [-0.25, -0.2) is 4.98 Å². The molecule has 1 N–H and O–H groups in total. The molecule has 1 aromatic carbocycles. The van der Waals surface area contributed by atoms with E-state index in [1.165, 1.54) is 0 Å². The molecule has 1 saturated heterocycles. The van der Waals surface area contributed by atoms with Gasteiger partial charge in [0.25, 0.3) is 0 Å². The van der Waals surface area contributed by atoms with Gasteiger partial charge in [-0.15, -0.1) is 0 Å². The molecule has 5 nitrogen and oxygen atoms in total. The quantitative estimate of drug-likeness (QED) is 0.692. The van der Waals surface area contributed by atoms with Crippen LogP contribution in [0.5, 0.6) is 0 Å². The van der Waals surface area contributed by atoms with Crippen LogP contribution in [0.15, 0.2) is 36.5 Å². The molecule has 0 spiro atoms. The van der Waals surface area contributed by atoms with Crippen molar-refractivity contribution in [3.05, 3.63) is 47.2 Å². The van der Waals surface area contributed by atoms with E-state index in [0.29, 0.717) is 0 Å². The molecule has 27 heavy (non-hydrogen) atoms. The van der Waals surface area contributed by atoms with Gasteiger partial charge in [0.2, 0.25) is 0 Å². The van der Waals surface area contributed by atoms with E-state index < -0.39 is 0 Å². The van der Waals surface area contributed by atoms with Crippen LogP contribution in [0.1, 0.15) is 39.3 Å². The van der Waals surface area contributed by atoms with E-state index in [9.17, 15) is 0 Å². The van der Waals surface area contributed by atoms with Crippen LogP contribution in [-0.4, -0.2) is 33.9 Å². The summed E-state index contributed by atoms with van der Waals surface area (Å²) in [6, 6.07) is 9.89. The van der Waals surface area contributed by atoms with Crippen molar-refractivity contribution in [2.75, 3.05) is 18.5 Å². The largest absolute Gasteiger partial charge is 0.376 e. The zero-order valence-electron chi connectivity index (χ0n) is 16.0. The summed E-state index contributed by atoms with van der Waals surface area (Å²) in [6.45, 7) is 8.16. The van der Waals surface area contributed by atoms with Gasteiger partial charge in [0.1, 0.15) is 5.82 Å². The number of anilines is 1. The molecule has 4 rings (SSSR count). The number of aromatic nitrogens is 3. The molecule has 0 saturated carbocycles. The molecule has 142 valence electrons. The highest BCUT2D eigenvalue weighted by Crippen LogP contribution is 2.30. The summed E-state index contributed by atoms with van der Waals surface area (Å²) >= 11 is 6.05. The zero-order chi connectivity index (χ0) is 19.0. The number of hydrogen-bond acceptors (Lipinski definition) is 4. The van der Waals surface area contributed by atoms with E-state index >= 15 is 0 Å². The first-order valence-corrected chi connectivity index (χ1v) is 9.80. The Morgan fingerprint density at radius 2 is 2.04 bits per heavy atom. The van der Waals surface area contributed by atoms with Gasteiger partial charge >= 0.3 is 0 Å². The van der Waals surface area contributed by atoms with Crippen molar-refractivity contribution in [2.45, 2.75) is 45.1 Å². The second kappa shape index (κ2) is 7.13. The number of halogens is 1. The SMILES string of the molecule is CC(C)(C)c1cc(NC[C@H]2CCCO2)n2ncc(-c3ccc(Cl)cc3)c2n1. The minimum absolute atomic E-state index is 0.0659. The average molecular weight is 385 g/mol. The van der Waals surface area contributed by atoms with Gasteiger partial charge in [0.05, 0.1) is 18.0 Å². The van der Waals surface area contributed by atoms with Crippen molar-refractivity contribution >= 4 is 23.1 Å². The monoisotopic (exact) mass is 384 g/mol. The lowest BCUT2D eigenvalue weighted by atomic mass is 9.92. The van der Waals surface area contributed by atoms with Gasteiger partial charge in [0, 0.05) is 35.2 Å². The number of rotatable bonds is 4. The van der Waals surface area contributed by atoms with E-state index in [4.69, 9.17) is 21.3 Å². The van der Waals surface area contributed by atoms with E-state index in [2.05, 4.69) is 37.3 Å². The van der Waals surface area contributed by atoms with Crippen molar-refractivity contribution in [3.8, 4) is 11.1 Å². The van der Waals surface area contributed by atoms with Crippen LogP contribution in [0.2, 0.25) is 5.02 Å². The Morgan fingerprint density at radius 1 is 1.26 bits per heavy atom. The van der Waals surface area contributed by atoms with E-state index in [1.54, 1.807) is 0 Å². The van der Waals surface area contributed by atoms with Crippen LogP contribution < -0.4 is 5.32 Å². The number of ether oxygens (including phenoxy) is 1. The van der Waals surface area contributed by atoms with Crippen LogP contribution >= 0.6 is 11.6 Å². The van der Waals surface area contributed by atoms with E-state index in [1.807, 2.05) is 35.0 Å². The molecule has 1 atom stereocenters. The first-order chi connectivity index (χ1) is 12.9. The Kier molecular flexibility index (Phi) is 4.82. The number of hydrogen-bond donors (Lipinski definition) is 1. The Hall–Kier alpha value is -2.11. The molecule has 1 aliphatic heterocycles. The smallest absolute Gasteiger partial charge is 0.165 e. The van der Waals surface area contributed by atoms with Crippen LogP contribution in [-0.2, 0) is 10.2 Å². The third-order valence-electron chi connectivity index (χ3n) is 4.93.